The van der Waals surface area contributed by atoms with Gasteiger partial charge < -0.3 is 4.90 Å². The number of alkyl halides is 3. The molecule has 1 atom stereocenters. The molecule has 0 radical (unpaired) electrons. The van der Waals surface area contributed by atoms with Gasteiger partial charge in [-0.25, -0.2) is 9.82 Å². The van der Waals surface area contributed by atoms with Crippen molar-refractivity contribution in [3.05, 3.63) is 65.5 Å². The first-order valence-electron chi connectivity index (χ1n) is 8.31. The highest BCUT2D eigenvalue weighted by molar-refractivity contribution is 6.00. The first-order valence-corrected chi connectivity index (χ1v) is 8.31. The summed E-state index contributed by atoms with van der Waals surface area (Å²) in [5.41, 5.74) is 1.58. The Morgan fingerprint density at radius 3 is 2.50 bits per heavy atom. The highest BCUT2D eigenvalue weighted by Crippen LogP contribution is 2.31. The molecular weight excluding hydrogens is 378 g/mol. The molecule has 1 saturated heterocycles. The Kier molecular flexibility index (Phi) is 5.43. The molecule has 146 valence electrons. The molecule has 0 aliphatic carbocycles. The van der Waals surface area contributed by atoms with Crippen LogP contribution in [0.2, 0.25) is 0 Å². The van der Waals surface area contributed by atoms with Crippen LogP contribution in [0.15, 0.2) is 53.6 Å². The number of benzene rings is 2. The average molecular weight is 393 g/mol. The zero-order valence-electron chi connectivity index (χ0n) is 14.4. The molecular formula is C19H15F4N3O2. The van der Waals surface area contributed by atoms with Gasteiger partial charge in [0.15, 0.2) is 0 Å². The molecule has 9 heteroatoms. The van der Waals surface area contributed by atoms with Crippen molar-refractivity contribution in [3.8, 4) is 0 Å². The smallest absolute Gasteiger partial charge is 0.312 e. The van der Waals surface area contributed by atoms with Gasteiger partial charge in [-0.05, 0) is 30.3 Å². The molecule has 3 rings (SSSR count). The minimum Gasteiger partial charge on any atom is -0.312 e. The lowest BCUT2D eigenvalue weighted by Crippen LogP contribution is -2.30. The summed E-state index contributed by atoms with van der Waals surface area (Å²) in [5, 5.41) is 3.59. The number of rotatable bonds is 4. The highest BCUT2D eigenvalue weighted by Gasteiger charge is 2.35. The molecule has 1 aliphatic heterocycles. The summed E-state index contributed by atoms with van der Waals surface area (Å²) in [5.74, 6) is -2.05. The van der Waals surface area contributed by atoms with Crippen molar-refractivity contribution >= 4 is 23.7 Å². The predicted molar refractivity (Wildman–Crippen MR) is 94.0 cm³/mol. The largest absolute Gasteiger partial charge is 0.417 e. The first kappa shape index (κ1) is 19.5. The van der Waals surface area contributed by atoms with E-state index in [0.717, 1.165) is 12.3 Å². The third kappa shape index (κ3) is 4.36. The molecule has 0 aromatic heterocycles. The maximum absolute atomic E-state index is 13.0. The van der Waals surface area contributed by atoms with Gasteiger partial charge in [-0.15, -0.1) is 0 Å². The van der Waals surface area contributed by atoms with E-state index in [1.807, 2.05) is 0 Å². The average Bonchev–Trinajstić information content (AvgIpc) is 3.04. The number of amides is 2. The summed E-state index contributed by atoms with van der Waals surface area (Å²) in [6.45, 7) is 0.0744. The van der Waals surface area contributed by atoms with Crippen molar-refractivity contribution in [2.75, 3.05) is 11.4 Å². The number of hydrazone groups is 1. The summed E-state index contributed by atoms with van der Waals surface area (Å²) >= 11 is 0. The second-order valence-corrected chi connectivity index (χ2v) is 6.20. The number of halogens is 4. The molecule has 2 amide bonds. The number of carbonyl (C=O) groups is 2. The molecule has 1 aliphatic rings. The quantitative estimate of drug-likeness (QED) is 0.492. The standard InChI is InChI=1S/C19H15F4N3O2/c20-14-5-7-15(8-6-14)26-11-13(9-17(26)27)18(28)25-24-10-12-3-1-2-4-16(12)19(21,22)23/h1-8,10,13H,9,11H2,(H,25,28)/b24-10-/t13-/m0/s1. The van der Waals surface area contributed by atoms with E-state index in [0.29, 0.717) is 5.69 Å². The maximum atomic E-state index is 13.0. The zero-order chi connectivity index (χ0) is 20.3. The molecule has 1 heterocycles. The third-order valence-electron chi connectivity index (χ3n) is 4.28. The monoisotopic (exact) mass is 393 g/mol. The van der Waals surface area contributed by atoms with Gasteiger partial charge >= 0.3 is 6.18 Å². The fourth-order valence-corrected chi connectivity index (χ4v) is 2.88. The first-order chi connectivity index (χ1) is 13.3. The van der Waals surface area contributed by atoms with Crippen molar-refractivity contribution in [1.29, 1.82) is 0 Å². The Hall–Kier alpha value is -3.23. The van der Waals surface area contributed by atoms with Crippen molar-refractivity contribution in [1.82, 2.24) is 5.43 Å². The van der Waals surface area contributed by atoms with E-state index in [2.05, 4.69) is 10.5 Å². The Morgan fingerprint density at radius 1 is 1.14 bits per heavy atom. The van der Waals surface area contributed by atoms with Crippen LogP contribution in [-0.4, -0.2) is 24.6 Å². The normalized spacial score (nSPS) is 17.4. The van der Waals surface area contributed by atoms with Crippen LogP contribution in [0, 0.1) is 11.7 Å². The number of hydrogen-bond acceptors (Lipinski definition) is 3. The lowest BCUT2D eigenvalue weighted by molar-refractivity contribution is -0.137. The van der Waals surface area contributed by atoms with Crippen molar-refractivity contribution < 1.29 is 27.2 Å². The van der Waals surface area contributed by atoms with Gasteiger partial charge in [0.25, 0.3) is 0 Å². The Labute approximate surface area is 157 Å². The maximum Gasteiger partial charge on any atom is 0.417 e. The predicted octanol–water partition coefficient (Wildman–Crippen LogP) is 3.35. The van der Waals surface area contributed by atoms with Crippen molar-refractivity contribution in [2.45, 2.75) is 12.6 Å². The summed E-state index contributed by atoms with van der Waals surface area (Å²) in [6.07, 6.45) is -3.70. The second kappa shape index (κ2) is 7.79. The third-order valence-corrected chi connectivity index (χ3v) is 4.28. The van der Waals surface area contributed by atoms with Crippen LogP contribution in [0.4, 0.5) is 23.2 Å². The van der Waals surface area contributed by atoms with E-state index in [-0.39, 0.29) is 24.4 Å². The van der Waals surface area contributed by atoms with E-state index in [1.165, 1.54) is 47.4 Å². The van der Waals surface area contributed by atoms with Gasteiger partial charge in [0.05, 0.1) is 17.7 Å². The topological polar surface area (TPSA) is 61.8 Å². The van der Waals surface area contributed by atoms with Crippen LogP contribution in [0.25, 0.3) is 0 Å². The van der Waals surface area contributed by atoms with Crippen molar-refractivity contribution in [3.63, 3.8) is 0 Å². The van der Waals surface area contributed by atoms with E-state index < -0.39 is 29.4 Å². The van der Waals surface area contributed by atoms with E-state index in [1.54, 1.807) is 0 Å². The van der Waals surface area contributed by atoms with E-state index >= 15 is 0 Å². The molecule has 28 heavy (non-hydrogen) atoms. The van der Waals surface area contributed by atoms with Crippen LogP contribution in [0.1, 0.15) is 17.5 Å². The van der Waals surface area contributed by atoms with Crippen LogP contribution >= 0.6 is 0 Å². The molecule has 1 fully saturated rings. The lowest BCUT2D eigenvalue weighted by atomic mass is 10.1. The van der Waals surface area contributed by atoms with E-state index in [9.17, 15) is 27.2 Å². The number of hydrogen-bond donors (Lipinski definition) is 1. The number of anilines is 1. The minimum atomic E-state index is -4.54. The van der Waals surface area contributed by atoms with Gasteiger partial charge in [-0.2, -0.15) is 18.3 Å². The molecule has 0 bridgehead atoms. The van der Waals surface area contributed by atoms with Gasteiger partial charge in [0.2, 0.25) is 11.8 Å². The van der Waals surface area contributed by atoms with Gasteiger partial charge in [0, 0.05) is 24.2 Å². The molecule has 0 saturated carbocycles. The Bertz CT molecular complexity index is 910. The fourth-order valence-electron chi connectivity index (χ4n) is 2.88. The Balaban J connectivity index is 1.64. The van der Waals surface area contributed by atoms with Gasteiger partial charge in [-0.1, -0.05) is 18.2 Å². The van der Waals surface area contributed by atoms with Crippen LogP contribution in [0.3, 0.4) is 0 Å². The Morgan fingerprint density at radius 2 is 1.82 bits per heavy atom. The molecule has 5 nitrogen and oxygen atoms in total. The summed E-state index contributed by atoms with van der Waals surface area (Å²) in [4.78, 5) is 25.7. The highest BCUT2D eigenvalue weighted by atomic mass is 19.4. The van der Waals surface area contributed by atoms with Crippen LogP contribution in [-0.2, 0) is 15.8 Å². The summed E-state index contributed by atoms with van der Waals surface area (Å²) in [7, 11) is 0. The SMILES string of the molecule is O=C(N/N=C\c1ccccc1C(F)(F)F)[C@H]1CC(=O)N(c2ccc(F)cc2)C1. The molecule has 2 aromatic carbocycles. The van der Waals surface area contributed by atoms with Gasteiger partial charge in [0.1, 0.15) is 5.82 Å². The van der Waals surface area contributed by atoms with Gasteiger partial charge in [-0.3, -0.25) is 9.59 Å². The van der Waals surface area contributed by atoms with Crippen molar-refractivity contribution in [2.24, 2.45) is 11.0 Å². The van der Waals surface area contributed by atoms with Crippen LogP contribution < -0.4 is 10.3 Å². The zero-order valence-corrected chi connectivity index (χ0v) is 14.4. The number of nitrogens with zero attached hydrogens (tertiary/aromatic N) is 2. The molecule has 0 spiro atoms. The minimum absolute atomic E-state index is 0.0716. The van der Waals surface area contributed by atoms with Crippen LogP contribution in [0.5, 0.6) is 0 Å². The summed E-state index contributed by atoms with van der Waals surface area (Å²) in [6, 6.07) is 10.1. The fraction of sp³-hybridized carbons (Fsp3) is 0.211. The van der Waals surface area contributed by atoms with E-state index in [4.69, 9.17) is 0 Å². The lowest BCUT2D eigenvalue weighted by Gasteiger charge is -2.16. The molecule has 1 N–H and O–H groups in total. The number of nitrogens with one attached hydrogen (secondary N) is 1. The second-order valence-electron chi connectivity index (χ2n) is 6.20. The summed E-state index contributed by atoms with van der Waals surface area (Å²) < 4.78 is 51.8. The molecule has 0 unspecified atom stereocenters. The molecule has 2 aromatic rings. The number of carbonyl (C=O) groups excluding carboxylic acids is 2.